The molecule has 0 radical (unpaired) electrons. The number of rotatable bonds is 5. The number of methoxy groups -OCH3 is 1. The van der Waals surface area contributed by atoms with E-state index in [-0.39, 0.29) is 17.7 Å². The summed E-state index contributed by atoms with van der Waals surface area (Å²) in [6.45, 7) is 0.214. The lowest BCUT2D eigenvalue weighted by molar-refractivity contribution is 0.102. The summed E-state index contributed by atoms with van der Waals surface area (Å²) in [6.07, 6.45) is 1.34. The lowest BCUT2D eigenvalue weighted by Crippen LogP contribution is -2.23. The molecule has 27 heavy (non-hydrogen) atoms. The topological polar surface area (TPSA) is 60.3 Å². The standard InChI is InChI=1S/C20H16F2N2O3/c1-27-15-5-2-4-13(10-15)11-24-12-14(8-9-18(24)25)20(26)23-19-16(21)6-3-7-17(19)22/h2-10,12H,11H2,1H3,(H,23,26). The first-order valence-corrected chi connectivity index (χ1v) is 8.06. The van der Waals surface area contributed by atoms with Gasteiger partial charge in [-0.1, -0.05) is 18.2 Å². The van der Waals surface area contributed by atoms with Gasteiger partial charge in [0.15, 0.2) is 0 Å². The van der Waals surface area contributed by atoms with Gasteiger partial charge in [0.25, 0.3) is 11.5 Å². The summed E-state index contributed by atoms with van der Waals surface area (Å²) in [5, 5.41) is 2.20. The Hall–Kier alpha value is -3.48. The molecule has 0 saturated carbocycles. The van der Waals surface area contributed by atoms with Crippen molar-refractivity contribution in [2.45, 2.75) is 6.54 Å². The molecular weight excluding hydrogens is 354 g/mol. The highest BCUT2D eigenvalue weighted by atomic mass is 19.1. The predicted octanol–water partition coefficient (Wildman–Crippen LogP) is 3.44. The molecule has 0 saturated heterocycles. The summed E-state index contributed by atoms with van der Waals surface area (Å²) in [5.41, 5.74) is 0.0498. The largest absolute Gasteiger partial charge is 0.497 e. The van der Waals surface area contributed by atoms with Crippen molar-refractivity contribution >= 4 is 11.6 Å². The predicted molar refractivity (Wildman–Crippen MR) is 97.1 cm³/mol. The summed E-state index contributed by atoms with van der Waals surface area (Å²) in [7, 11) is 1.54. The van der Waals surface area contributed by atoms with Crippen molar-refractivity contribution in [2.24, 2.45) is 0 Å². The van der Waals surface area contributed by atoms with Crippen LogP contribution in [0.1, 0.15) is 15.9 Å². The van der Waals surface area contributed by atoms with Crippen molar-refractivity contribution in [3.8, 4) is 5.75 Å². The third-order valence-corrected chi connectivity index (χ3v) is 3.93. The van der Waals surface area contributed by atoms with Gasteiger partial charge in [0.1, 0.15) is 23.1 Å². The zero-order valence-corrected chi connectivity index (χ0v) is 14.4. The first-order valence-electron chi connectivity index (χ1n) is 8.06. The molecule has 0 aliphatic rings. The maximum atomic E-state index is 13.7. The van der Waals surface area contributed by atoms with Crippen LogP contribution in [-0.2, 0) is 6.54 Å². The Bertz CT molecular complexity index is 1030. The number of amides is 1. The maximum absolute atomic E-state index is 13.7. The van der Waals surface area contributed by atoms with Crippen LogP contribution < -0.4 is 15.6 Å². The average Bonchev–Trinajstić information content (AvgIpc) is 2.66. The molecular formula is C20H16F2N2O3. The highest BCUT2D eigenvalue weighted by molar-refractivity contribution is 6.04. The molecule has 1 amide bonds. The summed E-state index contributed by atoms with van der Waals surface area (Å²) in [6, 6.07) is 13.0. The molecule has 0 unspecified atom stereocenters. The third-order valence-electron chi connectivity index (χ3n) is 3.93. The normalized spacial score (nSPS) is 10.5. The number of carbonyl (C=O) groups is 1. The number of pyridine rings is 1. The van der Waals surface area contributed by atoms with E-state index < -0.39 is 23.2 Å². The van der Waals surface area contributed by atoms with E-state index in [2.05, 4.69) is 5.32 Å². The summed E-state index contributed by atoms with van der Waals surface area (Å²) in [5.74, 6) is -1.84. The molecule has 5 nitrogen and oxygen atoms in total. The minimum Gasteiger partial charge on any atom is -0.497 e. The maximum Gasteiger partial charge on any atom is 0.257 e. The van der Waals surface area contributed by atoms with Gasteiger partial charge in [0, 0.05) is 12.3 Å². The molecule has 0 bridgehead atoms. The van der Waals surface area contributed by atoms with Crippen molar-refractivity contribution in [2.75, 3.05) is 12.4 Å². The van der Waals surface area contributed by atoms with Gasteiger partial charge < -0.3 is 14.6 Å². The van der Waals surface area contributed by atoms with E-state index in [0.717, 1.165) is 17.7 Å². The average molecular weight is 370 g/mol. The van der Waals surface area contributed by atoms with E-state index in [9.17, 15) is 18.4 Å². The molecule has 0 atom stereocenters. The Labute approximate surface area is 153 Å². The fourth-order valence-electron chi connectivity index (χ4n) is 2.56. The first-order chi connectivity index (χ1) is 13.0. The number of nitrogens with one attached hydrogen (secondary N) is 1. The number of para-hydroxylation sites is 1. The van der Waals surface area contributed by atoms with Crippen LogP contribution in [0.3, 0.4) is 0 Å². The quantitative estimate of drug-likeness (QED) is 0.749. The van der Waals surface area contributed by atoms with E-state index in [4.69, 9.17) is 4.74 Å². The molecule has 7 heteroatoms. The second kappa shape index (κ2) is 7.82. The number of halogens is 2. The molecule has 1 heterocycles. The van der Waals surface area contributed by atoms with E-state index in [1.807, 2.05) is 6.07 Å². The molecule has 3 aromatic rings. The van der Waals surface area contributed by atoms with Crippen LogP contribution in [0.2, 0.25) is 0 Å². The van der Waals surface area contributed by atoms with Gasteiger partial charge in [0.05, 0.1) is 19.2 Å². The van der Waals surface area contributed by atoms with Crippen LogP contribution in [0.15, 0.2) is 65.6 Å². The van der Waals surface area contributed by atoms with Crippen molar-refractivity contribution in [3.05, 3.63) is 93.9 Å². The van der Waals surface area contributed by atoms with Gasteiger partial charge in [-0.2, -0.15) is 0 Å². The molecule has 0 fully saturated rings. The van der Waals surface area contributed by atoms with Crippen LogP contribution in [0.4, 0.5) is 14.5 Å². The zero-order chi connectivity index (χ0) is 19.4. The van der Waals surface area contributed by atoms with Gasteiger partial charge in [-0.15, -0.1) is 0 Å². The Kier molecular flexibility index (Phi) is 5.30. The van der Waals surface area contributed by atoms with Crippen molar-refractivity contribution < 1.29 is 18.3 Å². The molecule has 0 aliphatic heterocycles. The lowest BCUT2D eigenvalue weighted by Gasteiger charge is -2.11. The van der Waals surface area contributed by atoms with Crippen molar-refractivity contribution in [1.29, 1.82) is 0 Å². The Balaban J connectivity index is 1.86. The highest BCUT2D eigenvalue weighted by Crippen LogP contribution is 2.19. The molecule has 1 N–H and O–H groups in total. The van der Waals surface area contributed by atoms with Gasteiger partial charge >= 0.3 is 0 Å². The second-order valence-electron chi connectivity index (χ2n) is 5.79. The van der Waals surface area contributed by atoms with Crippen molar-refractivity contribution in [1.82, 2.24) is 4.57 Å². The number of ether oxygens (including phenoxy) is 1. The summed E-state index contributed by atoms with van der Waals surface area (Å²) in [4.78, 5) is 24.5. The summed E-state index contributed by atoms with van der Waals surface area (Å²) < 4.78 is 33.9. The second-order valence-corrected chi connectivity index (χ2v) is 5.79. The summed E-state index contributed by atoms with van der Waals surface area (Å²) >= 11 is 0. The van der Waals surface area contributed by atoms with Crippen LogP contribution >= 0.6 is 0 Å². The van der Waals surface area contributed by atoms with E-state index >= 15 is 0 Å². The van der Waals surface area contributed by atoms with E-state index in [0.29, 0.717) is 5.75 Å². The van der Waals surface area contributed by atoms with Crippen LogP contribution in [0.5, 0.6) is 5.75 Å². The number of hydrogen-bond acceptors (Lipinski definition) is 3. The Morgan fingerprint density at radius 3 is 2.48 bits per heavy atom. The fraction of sp³-hybridized carbons (Fsp3) is 0.100. The van der Waals surface area contributed by atoms with Gasteiger partial charge in [-0.25, -0.2) is 8.78 Å². The zero-order valence-electron chi connectivity index (χ0n) is 14.4. The number of benzene rings is 2. The Morgan fingerprint density at radius 2 is 1.78 bits per heavy atom. The Morgan fingerprint density at radius 1 is 1.07 bits per heavy atom. The molecule has 138 valence electrons. The molecule has 2 aromatic carbocycles. The van der Waals surface area contributed by atoms with E-state index in [1.54, 1.807) is 18.2 Å². The highest BCUT2D eigenvalue weighted by Gasteiger charge is 2.14. The van der Waals surface area contributed by atoms with Gasteiger partial charge in [-0.3, -0.25) is 9.59 Å². The number of aromatic nitrogens is 1. The molecule has 3 rings (SSSR count). The smallest absolute Gasteiger partial charge is 0.257 e. The van der Waals surface area contributed by atoms with Crippen molar-refractivity contribution in [3.63, 3.8) is 0 Å². The molecule has 0 spiro atoms. The van der Waals surface area contributed by atoms with Crippen LogP contribution in [0.25, 0.3) is 0 Å². The number of anilines is 1. The minimum atomic E-state index is -0.881. The molecule has 1 aromatic heterocycles. The number of hydrogen-bond donors (Lipinski definition) is 1. The van der Waals surface area contributed by atoms with E-state index in [1.165, 1.54) is 36.1 Å². The van der Waals surface area contributed by atoms with Crippen LogP contribution in [-0.4, -0.2) is 17.6 Å². The fourth-order valence-corrected chi connectivity index (χ4v) is 2.56. The van der Waals surface area contributed by atoms with Crippen LogP contribution in [0, 0.1) is 11.6 Å². The third kappa shape index (κ3) is 4.20. The monoisotopic (exact) mass is 370 g/mol. The minimum absolute atomic E-state index is 0.0974. The number of carbonyl (C=O) groups excluding carboxylic acids is 1. The van der Waals surface area contributed by atoms with Gasteiger partial charge in [0.2, 0.25) is 0 Å². The molecule has 0 aliphatic carbocycles. The van der Waals surface area contributed by atoms with Gasteiger partial charge in [-0.05, 0) is 35.9 Å². The lowest BCUT2D eigenvalue weighted by atomic mass is 10.2. The first kappa shape index (κ1) is 18.3. The SMILES string of the molecule is COc1cccc(Cn2cc(C(=O)Nc3c(F)cccc3F)ccc2=O)c1. The number of nitrogens with zero attached hydrogens (tertiary/aromatic N) is 1.